The number of anilines is 1. The van der Waals surface area contributed by atoms with Crippen LogP contribution in [0.1, 0.15) is 5.56 Å². The summed E-state index contributed by atoms with van der Waals surface area (Å²) in [5.41, 5.74) is 0.671. The van der Waals surface area contributed by atoms with Crippen LogP contribution in [0.25, 0.3) is 0 Å². The summed E-state index contributed by atoms with van der Waals surface area (Å²) in [7, 11) is 1.59. The molecule has 0 fully saturated rings. The Morgan fingerprint density at radius 3 is 2.62 bits per heavy atom. The molecular formula is C8H9FN2O2. The molecule has 0 spiro atoms. The van der Waals surface area contributed by atoms with Crippen molar-refractivity contribution in [3.8, 4) is 0 Å². The molecule has 0 aliphatic carbocycles. The van der Waals surface area contributed by atoms with E-state index in [4.69, 9.17) is 0 Å². The number of halogens is 1. The predicted octanol–water partition coefficient (Wildman–Crippen LogP) is 2.08. The summed E-state index contributed by atoms with van der Waals surface area (Å²) >= 11 is 0. The van der Waals surface area contributed by atoms with Crippen molar-refractivity contribution in [1.29, 1.82) is 0 Å². The van der Waals surface area contributed by atoms with Crippen molar-refractivity contribution in [2.75, 3.05) is 12.4 Å². The fourth-order valence-corrected chi connectivity index (χ4v) is 1.11. The summed E-state index contributed by atoms with van der Waals surface area (Å²) in [6.07, 6.45) is 0. The van der Waals surface area contributed by atoms with Crippen LogP contribution in [-0.2, 0) is 0 Å². The zero-order valence-corrected chi connectivity index (χ0v) is 7.30. The standard InChI is InChI=1S/C8H9FN2O2/c1-5-7(10-2)3-6(9)4-8(5)11(12)13/h3-4,10H,1-2H3. The minimum absolute atomic E-state index is 0.204. The number of nitro benzene ring substituents is 1. The monoisotopic (exact) mass is 184 g/mol. The van der Waals surface area contributed by atoms with E-state index in [0.29, 0.717) is 11.3 Å². The van der Waals surface area contributed by atoms with E-state index in [1.165, 1.54) is 6.07 Å². The van der Waals surface area contributed by atoms with Gasteiger partial charge in [-0.05, 0) is 13.0 Å². The third kappa shape index (κ3) is 1.74. The SMILES string of the molecule is CNc1cc(F)cc([N+](=O)[O-])c1C. The smallest absolute Gasteiger partial charge is 0.277 e. The number of hydrogen-bond donors (Lipinski definition) is 1. The zero-order chi connectivity index (χ0) is 10.0. The molecule has 0 amide bonds. The molecule has 0 aliphatic heterocycles. The lowest BCUT2D eigenvalue weighted by molar-refractivity contribution is -0.385. The van der Waals surface area contributed by atoms with Crippen molar-refractivity contribution in [1.82, 2.24) is 0 Å². The van der Waals surface area contributed by atoms with Crippen LogP contribution in [0.4, 0.5) is 15.8 Å². The lowest BCUT2D eigenvalue weighted by Gasteiger charge is -2.04. The lowest BCUT2D eigenvalue weighted by Crippen LogP contribution is -1.98. The minimum Gasteiger partial charge on any atom is -0.388 e. The fraction of sp³-hybridized carbons (Fsp3) is 0.250. The maximum atomic E-state index is 12.8. The first-order chi connectivity index (χ1) is 6.06. The third-order valence-electron chi connectivity index (χ3n) is 1.81. The second-order valence-electron chi connectivity index (χ2n) is 2.60. The van der Waals surface area contributed by atoms with E-state index in [9.17, 15) is 14.5 Å². The number of nitrogens with zero attached hydrogens (tertiary/aromatic N) is 1. The predicted molar refractivity (Wildman–Crippen MR) is 47.3 cm³/mol. The van der Waals surface area contributed by atoms with E-state index in [2.05, 4.69) is 5.32 Å². The lowest BCUT2D eigenvalue weighted by atomic mass is 10.1. The van der Waals surface area contributed by atoms with Crippen LogP contribution in [-0.4, -0.2) is 12.0 Å². The Balaban J connectivity index is 3.35. The molecule has 70 valence electrons. The Morgan fingerprint density at radius 1 is 1.54 bits per heavy atom. The molecule has 0 saturated heterocycles. The van der Waals surface area contributed by atoms with Gasteiger partial charge in [-0.25, -0.2) is 4.39 Å². The van der Waals surface area contributed by atoms with Crippen molar-refractivity contribution in [3.63, 3.8) is 0 Å². The first kappa shape index (κ1) is 9.44. The van der Waals surface area contributed by atoms with Crippen molar-refractivity contribution >= 4 is 11.4 Å². The second kappa shape index (κ2) is 3.38. The summed E-state index contributed by atoms with van der Waals surface area (Å²) in [5.74, 6) is -0.610. The average Bonchev–Trinajstić information content (AvgIpc) is 2.08. The van der Waals surface area contributed by atoms with E-state index in [-0.39, 0.29) is 5.69 Å². The van der Waals surface area contributed by atoms with Gasteiger partial charge in [-0.15, -0.1) is 0 Å². The Hall–Kier alpha value is -1.65. The molecule has 0 aliphatic rings. The Labute approximate surface area is 74.5 Å². The highest BCUT2D eigenvalue weighted by Crippen LogP contribution is 2.26. The number of nitrogens with one attached hydrogen (secondary N) is 1. The third-order valence-corrected chi connectivity index (χ3v) is 1.81. The van der Waals surface area contributed by atoms with E-state index in [1.807, 2.05) is 0 Å². The maximum absolute atomic E-state index is 12.8. The molecule has 0 heterocycles. The Kier molecular flexibility index (Phi) is 2.46. The first-order valence-electron chi connectivity index (χ1n) is 3.68. The van der Waals surface area contributed by atoms with Gasteiger partial charge in [0.2, 0.25) is 0 Å². The molecule has 0 saturated carbocycles. The van der Waals surface area contributed by atoms with Crippen LogP contribution in [0, 0.1) is 22.9 Å². The van der Waals surface area contributed by atoms with Gasteiger partial charge in [0.25, 0.3) is 5.69 Å². The van der Waals surface area contributed by atoms with E-state index in [0.717, 1.165) is 6.07 Å². The van der Waals surface area contributed by atoms with Gasteiger partial charge in [0.1, 0.15) is 5.82 Å². The van der Waals surface area contributed by atoms with Crippen molar-refractivity contribution in [3.05, 3.63) is 33.6 Å². The number of hydrogen-bond acceptors (Lipinski definition) is 3. The maximum Gasteiger partial charge on any atom is 0.277 e. The topological polar surface area (TPSA) is 55.2 Å². The quantitative estimate of drug-likeness (QED) is 0.565. The summed E-state index contributed by atoms with van der Waals surface area (Å²) in [6, 6.07) is 2.14. The van der Waals surface area contributed by atoms with E-state index < -0.39 is 10.7 Å². The molecule has 0 unspecified atom stereocenters. The highest BCUT2D eigenvalue weighted by Gasteiger charge is 2.15. The molecule has 0 aromatic heterocycles. The number of rotatable bonds is 2. The van der Waals surface area contributed by atoms with Crippen LogP contribution < -0.4 is 5.32 Å². The molecule has 1 N–H and O–H groups in total. The van der Waals surface area contributed by atoms with E-state index in [1.54, 1.807) is 14.0 Å². The van der Waals surface area contributed by atoms with Gasteiger partial charge in [-0.2, -0.15) is 0 Å². The molecule has 1 aromatic rings. The molecule has 1 aromatic carbocycles. The molecular weight excluding hydrogens is 175 g/mol. The summed E-state index contributed by atoms with van der Waals surface area (Å²) in [6.45, 7) is 1.57. The molecule has 5 heteroatoms. The largest absolute Gasteiger partial charge is 0.388 e. The molecule has 1 rings (SSSR count). The van der Waals surface area contributed by atoms with Gasteiger partial charge in [-0.1, -0.05) is 0 Å². The van der Waals surface area contributed by atoms with Crippen LogP contribution in [0.2, 0.25) is 0 Å². The van der Waals surface area contributed by atoms with Crippen molar-refractivity contribution in [2.45, 2.75) is 6.92 Å². The zero-order valence-electron chi connectivity index (χ0n) is 7.30. The van der Waals surface area contributed by atoms with Crippen LogP contribution in [0.15, 0.2) is 12.1 Å². The minimum atomic E-state index is -0.610. The first-order valence-corrected chi connectivity index (χ1v) is 3.68. The average molecular weight is 184 g/mol. The molecule has 13 heavy (non-hydrogen) atoms. The van der Waals surface area contributed by atoms with Gasteiger partial charge in [0.05, 0.1) is 16.6 Å². The van der Waals surface area contributed by atoms with Gasteiger partial charge in [0.15, 0.2) is 0 Å². The molecule has 4 nitrogen and oxygen atoms in total. The molecule has 0 atom stereocenters. The van der Waals surface area contributed by atoms with Crippen molar-refractivity contribution in [2.24, 2.45) is 0 Å². The van der Waals surface area contributed by atoms with Gasteiger partial charge < -0.3 is 5.32 Å². The number of nitro groups is 1. The summed E-state index contributed by atoms with van der Waals surface area (Å²) in [5, 5.41) is 13.1. The van der Waals surface area contributed by atoms with Gasteiger partial charge in [-0.3, -0.25) is 10.1 Å². The normalized spacial score (nSPS) is 9.77. The Bertz CT molecular complexity index is 352. The summed E-state index contributed by atoms with van der Waals surface area (Å²) in [4.78, 5) is 9.86. The highest BCUT2D eigenvalue weighted by atomic mass is 19.1. The number of benzene rings is 1. The fourth-order valence-electron chi connectivity index (χ4n) is 1.11. The second-order valence-corrected chi connectivity index (χ2v) is 2.60. The van der Waals surface area contributed by atoms with Crippen LogP contribution >= 0.6 is 0 Å². The molecule has 0 bridgehead atoms. The van der Waals surface area contributed by atoms with Gasteiger partial charge in [0, 0.05) is 12.7 Å². The highest BCUT2D eigenvalue weighted by molar-refractivity contribution is 5.59. The van der Waals surface area contributed by atoms with E-state index >= 15 is 0 Å². The van der Waals surface area contributed by atoms with Gasteiger partial charge >= 0.3 is 0 Å². The van der Waals surface area contributed by atoms with Crippen LogP contribution in [0.5, 0.6) is 0 Å². The Morgan fingerprint density at radius 2 is 2.15 bits per heavy atom. The molecule has 0 radical (unpaired) electrons. The van der Waals surface area contributed by atoms with Crippen molar-refractivity contribution < 1.29 is 9.31 Å². The van der Waals surface area contributed by atoms with Crippen LogP contribution in [0.3, 0.4) is 0 Å². The summed E-state index contributed by atoms with van der Waals surface area (Å²) < 4.78 is 12.8.